The lowest BCUT2D eigenvalue weighted by Gasteiger charge is -2.23. The smallest absolute Gasteiger partial charge is 0.120 e. The van der Waals surface area contributed by atoms with Crippen LogP contribution in [0.25, 0.3) is 0 Å². The second-order valence-electron chi connectivity index (χ2n) is 4.67. The number of hydrogen-bond donors (Lipinski definition) is 0. The van der Waals surface area contributed by atoms with Crippen molar-refractivity contribution in [3.8, 4) is 0 Å². The van der Waals surface area contributed by atoms with Crippen LogP contribution in [0.15, 0.2) is 36.4 Å². The highest BCUT2D eigenvalue weighted by Crippen LogP contribution is 2.66. The van der Waals surface area contributed by atoms with E-state index < -0.39 is 0 Å². The summed E-state index contributed by atoms with van der Waals surface area (Å²) < 4.78 is 5.66. The number of ether oxygens (including phenoxy) is 1. The third kappa shape index (κ3) is 0.583. The van der Waals surface area contributed by atoms with Gasteiger partial charge < -0.3 is 4.74 Å². The Bertz CT molecular complexity index is 442. The van der Waals surface area contributed by atoms with E-state index in [1.54, 1.807) is 0 Å². The third-order valence-corrected chi connectivity index (χ3v) is 4.20. The van der Waals surface area contributed by atoms with E-state index in [4.69, 9.17) is 4.74 Å². The van der Waals surface area contributed by atoms with Gasteiger partial charge in [-0.1, -0.05) is 30.8 Å². The van der Waals surface area contributed by atoms with E-state index in [1.807, 2.05) is 0 Å². The van der Waals surface area contributed by atoms with E-state index in [9.17, 15) is 0 Å². The first-order valence-electron chi connectivity index (χ1n) is 5.25. The fourth-order valence-corrected chi connectivity index (χ4v) is 3.39. The van der Waals surface area contributed by atoms with Gasteiger partial charge in [-0.05, 0) is 23.1 Å². The van der Waals surface area contributed by atoms with Gasteiger partial charge in [0.05, 0.1) is 6.61 Å². The number of benzene rings is 1. The minimum Gasteiger partial charge on any atom is -0.364 e. The van der Waals surface area contributed by atoms with Gasteiger partial charge in [0.2, 0.25) is 0 Å². The molecule has 1 heteroatoms. The maximum absolute atomic E-state index is 5.66. The molecule has 0 N–H and O–H groups in total. The molecular formula is C13H12O. The molecule has 3 aliphatic rings. The molecule has 3 atom stereocenters. The van der Waals surface area contributed by atoms with Gasteiger partial charge >= 0.3 is 0 Å². The van der Waals surface area contributed by atoms with Gasteiger partial charge in [0.1, 0.15) is 5.60 Å². The average molecular weight is 184 g/mol. The first kappa shape index (κ1) is 7.24. The SMILES string of the molecule is C=C1[C@@H]2C[C@@H](c3ccccc32)[C@@]12CO2. The van der Waals surface area contributed by atoms with Crippen LogP contribution >= 0.6 is 0 Å². The largest absolute Gasteiger partial charge is 0.364 e. The molecule has 1 aliphatic heterocycles. The first-order valence-corrected chi connectivity index (χ1v) is 5.25. The molecule has 2 aliphatic carbocycles. The van der Waals surface area contributed by atoms with Gasteiger partial charge in [-0.3, -0.25) is 0 Å². The van der Waals surface area contributed by atoms with Gasteiger partial charge in [0, 0.05) is 11.8 Å². The van der Waals surface area contributed by atoms with E-state index in [0.29, 0.717) is 11.8 Å². The van der Waals surface area contributed by atoms with Crippen LogP contribution in [-0.2, 0) is 4.74 Å². The topological polar surface area (TPSA) is 12.5 Å². The lowest BCUT2D eigenvalue weighted by atomic mass is 9.81. The van der Waals surface area contributed by atoms with Crippen molar-refractivity contribution in [1.82, 2.24) is 0 Å². The maximum atomic E-state index is 5.66. The van der Waals surface area contributed by atoms with Gasteiger partial charge in [-0.15, -0.1) is 0 Å². The van der Waals surface area contributed by atoms with Crippen LogP contribution in [0.2, 0.25) is 0 Å². The van der Waals surface area contributed by atoms with Crippen molar-refractivity contribution in [2.24, 2.45) is 0 Å². The molecule has 0 aromatic heterocycles. The standard InChI is InChI=1S/C13H12O/c1-8-11-6-12(13(8)7-14-13)10-5-3-2-4-9(10)11/h2-5,11-12H,1,6-7H2/t11-,12-,13+/m0/s1. The highest BCUT2D eigenvalue weighted by molar-refractivity contribution is 5.56. The molecule has 1 spiro atoms. The lowest BCUT2D eigenvalue weighted by molar-refractivity contribution is 0.318. The molecular weight excluding hydrogens is 172 g/mol. The molecule has 2 bridgehead atoms. The minimum atomic E-state index is 0.0685. The van der Waals surface area contributed by atoms with Crippen molar-refractivity contribution in [2.45, 2.75) is 23.9 Å². The van der Waals surface area contributed by atoms with E-state index in [-0.39, 0.29) is 5.60 Å². The monoisotopic (exact) mass is 184 g/mol. The summed E-state index contributed by atoms with van der Waals surface area (Å²) >= 11 is 0. The quantitative estimate of drug-likeness (QED) is 0.446. The zero-order valence-corrected chi connectivity index (χ0v) is 7.99. The first-order chi connectivity index (χ1) is 6.83. The second kappa shape index (κ2) is 1.96. The molecule has 1 aromatic rings. The molecule has 1 saturated heterocycles. The van der Waals surface area contributed by atoms with Crippen LogP contribution < -0.4 is 0 Å². The molecule has 0 unspecified atom stereocenters. The zero-order valence-electron chi connectivity index (χ0n) is 7.99. The Hall–Kier alpha value is -1.08. The summed E-state index contributed by atoms with van der Waals surface area (Å²) in [5.74, 6) is 1.19. The minimum absolute atomic E-state index is 0.0685. The fourth-order valence-electron chi connectivity index (χ4n) is 3.39. The summed E-state index contributed by atoms with van der Waals surface area (Å²) in [5.41, 5.74) is 4.42. The highest BCUT2D eigenvalue weighted by Gasteiger charge is 2.64. The molecule has 70 valence electrons. The van der Waals surface area contributed by atoms with Crippen molar-refractivity contribution >= 4 is 0 Å². The Morgan fingerprint density at radius 1 is 1.29 bits per heavy atom. The van der Waals surface area contributed by atoms with Crippen molar-refractivity contribution in [3.05, 3.63) is 47.5 Å². The maximum Gasteiger partial charge on any atom is 0.120 e. The molecule has 14 heavy (non-hydrogen) atoms. The Balaban J connectivity index is 1.99. The summed E-state index contributed by atoms with van der Waals surface area (Å²) in [4.78, 5) is 0. The summed E-state index contributed by atoms with van der Waals surface area (Å²) in [5, 5.41) is 0. The van der Waals surface area contributed by atoms with E-state index >= 15 is 0 Å². The van der Waals surface area contributed by atoms with Crippen LogP contribution in [0, 0.1) is 0 Å². The molecule has 0 radical (unpaired) electrons. The van der Waals surface area contributed by atoms with Crippen LogP contribution in [0.3, 0.4) is 0 Å². The van der Waals surface area contributed by atoms with Crippen LogP contribution in [-0.4, -0.2) is 12.2 Å². The second-order valence-corrected chi connectivity index (χ2v) is 4.67. The van der Waals surface area contributed by atoms with Gasteiger partial charge in [0.15, 0.2) is 0 Å². The molecule has 1 nitrogen and oxygen atoms in total. The van der Waals surface area contributed by atoms with Gasteiger partial charge in [-0.2, -0.15) is 0 Å². The van der Waals surface area contributed by atoms with E-state index in [2.05, 4.69) is 30.8 Å². The summed E-state index contributed by atoms with van der Waals surface area (Å²) in [7, 11) is 0. The predicted molar refractivity (Wildman–Crippen MR) is 54.4 cm³/mol. The Morgan fingerprint density at radius 3 is 2.71 bits per heavy atom. The van der Waals surface area contributed by atoms with Crippen molar-refractivity contribution in [2.75, 3.05) is 6.61 Å². The fraction of sp³-hybridized carbons (Fsp3) is 0.385. The molecule has 0 amide bonds. The number of hydrogen-bond acceptors (Lipinski definition) is 1. The normalized spacial score (nSPS) is 41.9. The third-order valence-electron chi connectivity index (χ3n) is 4.20. The Kier molecular flexibility index (Phi) is 1.01. The Morgan fingerprint density at radius 2 is 2.00 bits per heavy atom. The number of fused-ring (bicyclic) bond motifs is 6. The van der Waals surface area contributed by atoms with Crippen molar-refractivity contribution in [1.29, 1.82) is 0 Å². The lowest BCUT2D eigenvalue weighted by Crippen LogP contribution is -2.21. The predicted octanol–water partition coefficient (Wildman–Crippen LogP) is 2.60. The van der Waals surface area contributed by atoms with Crippen molar-refractivity contribution < 1.29 is 4.74 Å². The van der Waals surface area contributed by atoms with E-state index in [0.717, 1.165) is 6.61 Å². The van der Waals surface area contributed by atoms with Crippen LogP contribution in [0.5, 0.6) is 0 Å². The van der Waals surface area contributed by atoms with Gasteiger partial charge in [0.25, 0.3) is 0 Å². The summed E-state index contributed by atoms with van der Waals surface area (Å²) in [6.45, 7) is 5.13. The summed E-state index contributed by atoms with van der Waals surface area (Å²) in [6.07, 6.45) is 1.23. The molecule has 1 aromatic carbocycles. The number of epoxide rings is 1. The molecule has 1 saturated carbocycles. The highest BCUT2D eigenvalue weighted by atomic mass is 16.6. The summed E-state index contributed by atoms with van der Waals surface area (Å²) in [6, 6.07) is 8.78. The van der Waals surface area contributed by atoms with Crippen LogP contribution in [0.4, 0.5) is 0 Å². The average Bonchev–Trinajstić information content (AvgIpc) is 2.84. The van der Waals surface area contributed by atoms with Crippen LogP contribution in [0.1, 0.15) is 29.4 Å². The van der Waals surface area contributed by atoms with E-state index in [1.165, 1.54) is 23.1 Å². The molecule has 2 fully saturated rings. The molecule has 4 rings (SSSR count). The van der Waals surface area contributed by atoms with Crippen molar-refractivity contribution in [3.63, 3.8) is 0 Å². The van der Waals surface area contributed by atoms with Gasteiger partial charge in [-0.25, -0.2) is 0 Å². The Labute approximate surface area is 83.4 Å². The zero-order chi connectivity index (χ0) is 9.34. The molecule has 1 heterocycles. The number of rotatable bonds is 0.